The summed E-state index contributed by atoms with van der Waals surface area (Å²) in [6, 6.07) is 7.43. The van der Waals surface area contributed by atoms with Gasteiger partial charge in [-0.25, -0.2) is 0 Å². The molecular formula is C20H30N2O3. The van der Waals surface area contributed by atoms with Gasteiger partial charge in [-0.05, 0) is 56.9 Å². The van der Waals surface area contributed by atoms with E-state index in [1.807, 2.05) is 36.1 Å². The van der Waals surface area contributed by atoms with Crippen LogP contribution in [0.4, 0.5) is 5.69 Å². The summed E-state index contributed by atoms with van der Waals surface area (Å²) in [5.41, 5.74) is 0.781. The van der Waals surface area contributed by atoms with Crippen molar-refractivity contribution in [3.8, 4) is 5.75 Å². The number of likely N-dealkylation sites (tertiary alicyclic amines) is 1. The monoisotopic (exact) mass is 346 g/mol. The van der Waals surface area contributed by atoms with Gasteiger partial charge in [0.2, 0.25) is 11.8 Å². The van der Waals surface area contributed by atoms with Gasteiger partial charge in [-0.3, -0.25) is 9.59 Å². The van der Waals surface area contributed by atoms with E-state index in [-0.39, 0.29) is 23.7 Å². The molecular weight excluding hydrogens is 316 g/mol. The van der Waals surface area contributed by atoms with Gasteiger partial charge in [0.1, 0.15) is 5.75 Å². The van der Waals surface area contributed by atoms with Gasteiger partial charge in [0.15, 0.2) is 0 Å². The number of rotatable bonds is 7. The molecule has 0 saturated carbocycles. The van der Waals surface area contributed by atoms with Crippen LogP contribution in [0.15, 0.2) is 24.3 Å². The molecule has 138 valence electrons. The van der Waals surface area contributed by atoms with Crippen molar-refractivity contribution in [1.29, 1.82) is 0 Å². The smallest absolute Gasteiger partial charge is 0.227 e. The van der Waals surface area contributed by atoms with Crippen molar-refractivity contribution in [2.45, 2.75) is 46.5 Å². The highest BCUT2D eigenvalue weighted by atomic mass is 16.5. The van der Waals surface area contributed by atoms with E-state index in [0.29, 0.717) is 19.7 Å². The molecule has 2 amide bonds. The number of piperidine rings is 1. The number of ether oxygens (including phenoxy) is 1. The van der Waals surface area contributed by atoms with Crippen molar-refractivity contribution in [3.05, 3.63) is 24.3 Å². The second-order valence-corrected chi connectivity index (χ2v) is 6.56. The fourth-order valence-electron chi connectivity index (χ4n) is 3.30. The fraction of sp³-hybridized carbons (Fsp3) is 0.600. The molecule has 2 rings (SSSR count). The van der Waals surface area contributed by atoms with Crippen LogP contribution in [0.3, 0.4) is 0 Å². The zero-order valence-corrected chi connectivity index (χ0v) is 15.6. The van der Waals surface area contributed by atoms with E-state index in [1.54, 1.807) is 0 Å². The van der Waals surface area contributed by atoms with Crippen LogP contribution in [0, 0.1) is 11.8 Å². The number of hydrogen-bond acceptors (Lipinski definition) is 3. The molecule has 25 heavy (non-hydrogen) atoms. The Morgan fingerprint density at radius 1 is 1.12 bits per heavy atom. The summed E-state index contributed by atoms with van der Waals surface area (Å²) in [5.74, 6) is 1.18. The quantitative estimate of drug-likeness (QED) is 0.819. The zero-order chi connectivity index (χ0) is 18.2. The minimum absolute atomic E-state index is 0.0303. The Bertz CT molecular complexity index is 559. The molecule has 0 aromatic heterocycles. The van der Waals surface area contributed by atoms with Crippen LogP contribution in [0.1, 0.15) is 46.5 Å². The van der Waals surface area contributed by atoms with Gasteiger partial charge in [-0.2, -0.15) is 0 Å². The van der Waals surface area contributed by atoms with Gasteiger partial charge in [0.05, 0.1) is 6.61 Å². The summed E-state index contributed by atoms with van der Waals surface area (Å²) in [6.45, 7) is 8.04. The maximum atomic E-state index is 12.5. The van der Waals surface area contributed by atoms with Crippen molar-refractivity contribution in [3.63, 3.8) is 0 Å². The molecule has 0 atom stereocenters. The second-order valence-electron chi connectivity index (χ2n) is 6.56. The van der Waals surface area contributed by atoms with Gasteiger partial charge >= 0.3 is 0 Å². The maximum Gasteiger partial charge on any atom is 0.227 e. The minimum Gasteiger partial charge on any atom is -0.494 e. The SMILES string of the molecule is CCOc1ccc(NC(=O)C2CCN(C(=O)C(CC)CC)CC2)cc1. The van der Waals surface area contributed by atoms with Crippen LogP contribution >= 0.6 is 0 Å². The molecule has 1 fully saturated rings. The topological polar surface area (TPSA) is 58.6 Å². The highest BCUT2D eigenvalue weighted by Gasteiger charge is 2.29. The van der Waals surface area contributed by atoms with Crippen LogP contribution in [-0.4, -0.2) is 36.4 Å². The van der Waals surface area contributed by atoms with Crippen molar-refractivity contribution >= 4 is 17.5 Å². The highest BCUT2D eigenvalue weighted by molar-refractivity contribution is 5.92. The maximum absolute atomic E-state index is 12.5. The number of hydrogen-bond donors (Lipinski definition) is 1. The first-order valence-corrected chi connectivity index (χ1v) is 9.41. The van der Waals surface area contributed by atoms with E-state index < -0.39 is 0 Å². The van der Waals surface area contributed by atoms with E-state index in [4.69, 9.17) is 4.74 Å². The number of nitrogens with zero attached hydrogens (tertiary/aromatic N) is 1. The van der Waals surface area contributed by atoms with Gasteiger partial charge in [-0.1, -0.05) is 13.8 Å². The Morgan fingerprint density at radius 3 is 2.24 bits per heavy atom. The molecule has 0 unspecified atom stereocenters. The first kappa shape index (κ1) is 19.3. The highest BCUT2D eigenvalue weighted by Crippen LogP contribution is 2.23. The number of amides is 2. The number of anilines is 1. The Kier molecular flexibility index (Phi) is 7.29. The lowest BCUT2D eigenvalue weighted by molar-refractivity contribution is -0.138. The van der Waals surface area contributed by atoms with E-state index >= 15 is 0 Å². The van der Waals surface area contributed by atoms with Crippen molar-refractivity contribution in [2.24, 2.45) is 11.8 Å². The standard InChI is InChI=1S/C20H30N2O3/c1-4-15(5-2)20(24)22-13-11-16(12-14-22)19(23)21-17-7-9-18(10-8-17)25-6-3/h7-10,15-16H,4-6,11-14H2,1-3H3,(H,21,23). The lowest BCUT2D eigenvalue weighted by atomic mass is 9.93. The number of benzene rings is 1. The van der Waals surface area contributed by atoms with Crippen molar-refractivity contribution < 1.29 is 14.3 Å². The van der Waals surface area contributed by atoms with E-state index in [2.05, 4.69) is 19.2 Å². The molecule has 0 radical (unpaired) electrons. The van der Waals surface area contributed by atoms with Crippen molar-refractivity contribution in [2.75, 3.05) is 25.0 Å². The zero-order valence-electron chi connectivity index (χ0n) is 15.6. The number of nitrogens with one attached hydrogen (secondary N) is 1. The molecule has 0 aliphatic carbocycles. The minimum atomic E-state index is -0.0303. The fourth-order valence-corrected chi connectivity index (χ4v) is 3.30. The molecule has 5 nitrogen and oxygen atoms in total. The van der Waals surface area contributed by atoms with E-state index in [1.165, 1.54) is 0 Å². The van der Waals surface area contributed by atoms with Crippen LogP contribution in [0.5, 0.6) is 5.75 Å². The van der Waals surface area contributed by atoms with E-state index in [9.17, 15) is 9.59 Å². The van der Waals surface area contributed by atoms with Crippen LogP contribution in [0.25, 0.3) is 0 Å². The van der Waals surface area contributed by atoms with Crippen LogP contribution in [-0.2, 0) is 9.59 Å². The molecule has 1 heterocycles. The number of carbonyl (C=O) groups excluding carboxylic acids is 2. The van der Waals surface area contributed by atoms with Gasteiger partial charge in [-0.15, -0.1) is 0 Å². The molecule has 1 aliphatic heterocycles. The van der Waals surface area contributed by atoms with Crippen molar-refractivity contribution in [1.82, 2.24) is 4.90 Å². The lowest BCUT2D eigenvalue weighted by Gasteiger charge is -2.33. The average Bonchev–Trinajstić information content (AvgIpc) is 2.64. The molecule has 1 aliphatic rings. The second kappa shape index (κ2) is 9.44. The molecule has 0 bridgehead atoms. The first-order chi connectivity index (χ1) is 12.1. The molecule has 1 aromatic carbocycles. The average molecular weight is 346 g/mol. The predicted octanol–water partition coefficient (Wildman–Crippen LogP) is 3.70. The normalized spacial score (nSPS) is 15.3. The summed E-state index contributed by atoms with van der Waals surface area (Å²) < 4.78 is 5.40. The van der Waals surface area contributed by atoms with Crippen LogP contribution < -0.4 is 10.1 Å². The molecule has 0 spiro atoms. The lowest BCUT2D eigenvalue weighted by Crippen LogP contribution is -2.43. The van der Waals surface area contributed by atoms with Gasteiger partial charge < -0.3 is 15.0 Å². The molecule has 5 heteroatoms. The van der Waals surface area contributed by atoms with Crippen LogP contribution in [0.2, 0.25) is 0 Å². The van der Waals surface area contributed by atoms with Gasteiger partial charge in [0, 0.05) is 30.6 Å². The van der Waals surface area contributed by atoms with Gasteiger partial charge in [0.25, 0.3) is 0 Å². The molecule has 1 N–H and O–H groups in total. The summed E-state index contributed by atoms with van der Waals surface area (Å²) in [7, 11) is 0. The molecule has 1 saturated heterocycles. The third-order valence-electron chi connectivity index (χ3n) is 4.95. The third kappa shape index (κ3) is 5.21. The van der Waals surface area contributed by atoms with E-state index in [0.717, 1.165) is 37.1 Å². The summed E-state index contributed by atoms with van der Waals surface area (Å²) in [4.78, 5) is 26.8. The summed E-state index contributed by atoms with van der Waals surface area (Å²) >= 11 is 0. The Labute approximate surface area is 150 Å². The summed E-state index contributed by atoms with van der Waals surface area (Å²) in [6.07, 6.45) is 3.23. The largest absolute Gasteiger partial charge is 0.494 e. The Morgan fingerprint density at radius 2 is 1.72 bits per heavy atom. The molecule has 1 aromatic rings. The Hall–Kier alpha value is -2.04. The third-order valence-corrected chi connectivity index (χ3v) is 4.95. The predicted molar refractivity (Wildman–Crippen MR) is 99.6 cm³/mol. The first-order valence-electron chi connectivity index (χ1n) is 9.41. The number of carbonyl (C=O) groups is 2. The Balaban J connectivity index is 1.83. The summed E-state index contributed by atoms with van der Waals surface area (Å²) in [5, 5.41) is 2.97.